The van der Waals surface area contributed by atoms with Crippen molar-refractivity contribution in [3.63, 3.8) is 0 Å². The minimum Gasteiger partial charge on any atom is -0.0991 e. The van der Waals surface area contributed by atoms with E-state index < -0.39 is 0 Å². The molecule has 0 saturated carbocycles. The van der Waals surface area contributed by atoms with Gasteiger partial charge < -0.3 is 0 Å². The maximum absolute atomic E-state index is 3.63. The Morgan fingerprint density at radius 1 is 1.33 bits per heavy atom. The molecule has 1 aromatic carbocycles. The highest BCUT2D eigenvalue weighted by Gasteiger charge is 1.91. The lowest BCUT2D eigenvalue weighted by atomic mass is 10.1. The van der Waals surface area contributed by atoms with E-state index in [-0.39, 0.29) is 0 Å². The molecule has 0 aliphatic carbocycles. The summed E-state index contributed by atoms with van der Waals surface area (Å²) in [5, 5.41) is 0. The predicted molar refractivity (Wildman–Crippen MR) is 54.2 cm³/mol. The van der Waals surface area contributed by atoms with Gasteiger partial charge >= 0.3 is 0 Å². The van der Waals surface area contributed by atoms with E-state index in [0.29, 0.717) is 0 Å². The molecule has 62 valence electrons. The third kappa shape index (κ3) is 2.39. The van der Waals surface area contributed by atoms with Crippen molar-refractivity contribution in [1.82, 2.24) is 0 Å². The predicted octanol–water partition coefficient (Wildman–Crippen LogP) is 3.28. The summed E-state index contributed by atoms with van der Waals surface area (Å²) in [5.74, 6) is 0. The molecule has 12 heavy (non-hydrogen) atoms. The molecular weight excluding hydrogens is 144 g/mol. The molecule has 1 aromatic rings. The zero-order valence-electron chi connectivity index (χ0n) is 7.46. The van der Waals surface area contributed by atoms with Gasteiger partial charge in [-0.15, -0.1) is 0 Å². The molecule has 0 fully saturated rings. The summed E-state index contributed by atoms with van der Waals surface area (Å²) in [6, 6.07) is 8.43. The van der Waals surface area contributed by atoms with Gasteiger partial charge in [0.1, 0.15) is 0 Å². The van der Waals surface area contributed by atoms with Gasteiger partial charge in [-0.05, 0) is 24.5 Å². The van der Waals surface area contributed by atoms with Gasteiger partial charge in [-0.25, -0.2) is 0 Å². The number of allylic oxidation sites excluding steroid dienone is 3. The SMILES string of the molecule is C=CC=CCc1ccccc1C. The largest absolute Gasteiger partial charge is 0.0991 e. The van der Waals surface area contributed by atoms with Gasteiger partial charge in [0, 0.05) is 0 Å². The normalized spacial score (nSPS) is 10.4. The van der Waals surface area contributed by atoms with Crippen molar-refractivity contribution in [2.45, 2.75) is 13.3 Å². The van der Waals surface area contributed by atoms with E-state index >= 15 is 0 Å². The zero-order valence-corrected chi connectivity index (χ0v) is 7.46. The number of rotatable bonds is 3. The minimum atomic E-state index is 0.999. The van der Waals surface area contributed by atoms with Crippen LogP contribution in [0.15, 0.2) is 49.1 Å². The van der Waals surface area contributed by atoms with Crippen LogP contribution in [-0.2, 0) is 6.42 Å². The molecule has 0 unspecified atom stereocenters. The molecule has 0 saturated heterocycles. The average molecular weight is 158 g/mol. The molecule has 0 N–H and O–H groups in total. The van der Waals surface area contributed by atoms with Crippen LogP contribution in [0.4, 0.5) is 0 Å². The van der Waals surface area contributed by atoms with Crippen LogP contribution in [0, 0.1) is 6.92 Å². The van der Waals surface area contributed by atoms with Gasteiger partial charge in [0.2, 0.25) is 0 Å². The van der Waals surface area contributed by atoms with Crippen molar-refractivity contribution < 1.29 is 0 Å². The molecule has 0 amide bonds. The van der Waals surface area contributed by atoms with Gasteiger partial charge in [0.05, 0.1) is 0 Å². The summed E-state index contributed by atoms with van der Waals surface area (Å²) in [7, 11) is 0. The third-order valence-electron chi connectivity index (χ3n) is 1.87. The van der Waals surface area contributed by atoms with Crippen LogP contribution >= 0.6 is 0 Å². The Kier molecular flexibility index (Phi) is 3.34. The summed E-state index contributed by atoms with van der Waals surface area (Å²) in [5.41, 5.74) is 2.74. The van der Waals surface area contributed by atoms with E-state index in [0.717, 1.165) is 6.42 Å². The molecule has 0 radical (unpaired) electrons. The zero-order chi connectivity index (χ0) is 8.81. The third-order valence-corrected chi connectivity index (χ3v) is 1.87. The van der Waals surface area contributed by atoms with Gasteiger partial charge in [-0.2, -0.15) is 0 Å². The molecule has 0 aliphatic heterocycles. The summed E-state index contributed by atoms with van der Waals surface area (Å²) in [4.78, 5) is 0. The van der Waals surface area contributed by atoms with E-state index in [4.69, 9.17) is 0 Å². The Morgan fingerprint density at radius 2 is 2.08 bits per heavy atom. The molecule has 0 heterocycles. The van der Waals surface area contributed by atoms with Crippen molar-refractivity contribution in [2.24, 2.45) is 0 Å². The Labute approximate surface area is 74.2 Å². The minimum absolute atomic E-state index is 0.999. The quantitative estimate of drug-likeness (QED) is 0.592. The number of hydrogen-bond acceptors (Lipinski definition) is 0. The molecular formula is C12H14. The topological polar surface area (TPSA) is 0 Å². The summed E-state index contributed by atoms with van der Waals surface area (Å²) >= 11 is 0. The second kappa shape index (κ2) is 4.55. The monoisotopic (exact) mass is 158 g/mol. The lowest BCUT2D eigenvalue weighted by Crippen LogP contribution is -1.84. The van der Waals surface area contributed by atoms with Crippen LogP contribution in [0.3, 0.4) is 0 Å². The second-order valence-corrected chi connectivity index (χ2v) is 2.79. The van der Waals surface area contributed by atoms with E-state index in [9.17, 15) is 0 Å². The maximum Gasteiger partial charge on any atom is -0.00917 e. The van der Waals surface area contributed by atoms with E-state index in [1.807, 2.05) is 6.08 Å². The first kappa shape index (κ1) is 8.79. The van der Waals surface area contributed by atoms with Crippen LogP contribution in [0.2, 0.25) is 0 Å². The maximum atomic E-state index is 3.63. The molecule has 0 nitrogen and oxygen atoms in total. The first-order valence-electron chi connectivity index (χ1n) is 4.16. The first-order valence-corrected chi connectivity index (χ1v) is 4.16. The summed E-state index contributed by atoms with van der Waals surface area (Å²) < 4.78 is 0. The molecule has 0 heteroatoms. The molecule has 0 atom stereocenters. The van der Waals surface area contributed by atoms with Crippen LogP contribution in [0.25, 0.3) is 0 Å². The fourth-order valence-electron chi connectivity index (χ4n) is 1.13. The lowest BCUT2D eigenvalue weighted by molar-refractivity contribution is 1.21. The second-order valence-electron chi connectivity index (χ2n) is 2.79. The van der Waals surface area contributed by atoms with Crippen LogP contribution in [0.5, 0.6) is 0 Å². The lowest BCUT2D eigenvalue weighted by Gasteiger charge is -1.99. The van der Waals surface area contributed by atoms with Gasteiger partial charge in [-0.1, -0.05) is 49.1 Å². The van der Waals surface area contributed by atoms with Crippen molar-refractivity contribution in [2.75, 3.05) is 0 Å². The fraction of sp³-hybridized carbons (Fsp3) is 0.167. The highest BCUT2D eigenvalue weighted by Crippen LogP contribution is 2.07. The summed E-state index contributed by atoms with van der Waals surface area (Å²) in [6.45, 7) is 5.76. The van der Waals surface area contributed by atoms with Gasteiger partial charge in [0.25, 0.3) is 0 Å². The smallest absolute Gasteiger partial charge is 0.00917 e. The standard InChI is InChI=1S/C12H14/c1-3-4-5-9-12-10-7-6-8-11(12)2/h3-8,10H,1,9H2,2H3. The highest BCUT2D eigenvalue weighted by atomic mass is 14.0. The fourth-order valence-corrected chi connectivity index (χ4v) is 1.13. The van der Waals surface area contributed by atoms with Crippen LogP contribution in [-0.4, -0.2) is 0 Å². The van der Waals surface area contributed by atoms with Gasteiger partial charge in [-0.3, -0.25) is 0 Å². The highest BCUT2D eigenvalue weighted by molar-refractivity contribution is 5.27. The van der Waals surface area contributed by atoms with Crippen molar-refractivity contribution >= 4 is 0 Å². The average Bonchev–Trinajstić information content (AvgIpc) is 2.09. The Morgan fingerprint density at radius 3 is 2.75 bits per heavy atom. The van der Waals surface area contributed by atoms with Gasteiger partial charge in [0.15, 0.2) is 0 Å². The Balaban J connectivity index is 2.69. The van der Waals surface area contributed by atoms with Crippen molar-refractivity contribution in [3.8, 4) is 0 Å². The van der Waals surface area contributed by atoms with E-state index in [1.54, 1.807) is 6.08 Å². The summed E-state index contributed by atoms with van der Waals surface area (Å²) in [6.07, 6.45) is 6.90. The number of benzene rings is 1. The van der Waals surface area contributed by atoms with Crippen molar-refractivity contribution in [1.29, 1.82) is 0 Å². The van der Waals surface area contributed by atoms with Crippen LogP contribution in [0.1, 0.15) is 11.1 Å². The molecule has 1 rings (SSSR count). The Bertz CT molecular complexity index is 282. The molecule has 0 bridgehead atoms. The van der Waals surface area contributed by atoms with E-state index in [2.05, 4.69) is 43.8 Å². The molecule has 0 aliphatic rings. The number of hydrogen-bond donors (Lipinski definition) is 0. The first-order chi connectivity index (χ1) is 5.84. The van der Waals surface area contributed by atoms with Crippen molar-refractivity contribution in [3.05, 3.63) is 60.2 Å². The number of aryl methyl sites for hydroxylation is 1. The molecule has 0 aromatic heterocycles. The molecule has 0 spiro atoms. The Hall–Kier alpha value is -1.30. The van der Waals surface area contributed by atoms with E-state index in [1.165, 1.54) is 11.1 Å². The van der Waals surface area contributed by atoms with Crippen LogP contribution < -0.4 is 0 Å².